The predicted octanol–water partition coefficient (Wildman–Crippen LogP) is 3.26. The van der Waals surface area contributed by atoms with Crippen molar-refractivity contribution < 1.29 is 9.53 Å². The van der Waals surface area contributed by atoms with Gasteiger partial charge in [-0.25, -0.2) is 0 Å². The van der Waals surface area contributed by atoms with Gasteiger partial charge in [0.15, 0.2) is 0 Å². The quantitative estimate of drug-likeness (QED) is 0.878. The molecule has 1 fully saturated rings. The molecule has 2 aromatic rings. The number of amides is 1. The van der Waals surface area contributed by atoms with Crippen molar-refractivity contribution in [3.05, 3.63) is 54.1 Å². The maximum absolute atomic E-state index is 13.0. The first-order chi connectivity index (χ1) is 12.2. The molecule has 1 unspecified atom stereocenters. The van der Waals surface area contributed by atoms with Gasteiger partial charge in [-0.3, -0.25) is 4.79 Å². The highest BCUT2D eigenvalue weighted by molar-refractivity contribution is 6.00. The van der Waals surface area contributed by atoms with E-state index < -0.39 is 0 Å². The molecule has 1 atom stereocenters. The monoisotopic (exact) mass is 339 g/mol. The number of likely N-dealkylation sites (N-methyl/N-ethyl adjacent to an activating group) is 1. The van der Waals surface area contributed by atoms with E-state index in [0.717, 1.165) is 43.1 Å². The lowest BCUT2D eigenvalue weighted by molar-refractivity contribution is 0.0699. The normalized spacial score (nSPS) is 17.2. The van der Waals surface area contributed by atoms with Crippen LogP contribution in [0.15, 0.2) is 48.5 Å². The molecule has 5 nitrogen and oxygen atoms in total. The first-order valence-corrected chi connectivity index (χ1v) is 8.68. The fourth-order valence-electron chi connectivity index (χ4n) is 3.18. The van der Waals surface area contributed by atoms with Gasteiger partial charge in [-0.15, -0.1) is 0 Å². The molecule has 132 valence electrons. The van der Waals surface area contributed by atoms with Gasteiger partial charge in [-0.05, 0) is 56.3 Å². The van der Waals surface area contributed by atoms with E-state index in [2.05, 4.69) is 10.6 Å². The second-order valence-electron chi connectivity index (χ2n) is 6.28. The highest BCUT2D eigenvalue weighted by Crippen LogP contribution is 2.25. The molecule has 0 saturated carbocycles. The number of hydrogen-bond acceptors (Lipinski definition) is 4. The third kappa shape index (κ3) is 4.12. The number of hydrogen-bond donors (Lipinski definition) is 2. The van der Waals surface area contributed by atoms with Crippen LogP contribution in [0, 0.1) is 0 Å². The average Bonchev–Trinajstić information content (AvgIpc) is 2.68. The molecule has 25 heavy (non-hydrogen) atoms. The van der Waals surface area contributed by atoms with E-state index in [4.69, 9.17) is 4.74 Å². The van der Waals surface area contributed by atoms with Crippen molar-refractivity contribution in [2.45, 2.75) is 18.9 Å². The zero-order valence-electron chi connectivity index (χ0n) is 14.8. The molecule has 0 spiro atoms. The molecule has 0 aromatic heterocycles. The van der Waals surface area contributed by atoms with E-state index in [1.54, 1.807) is 7.11 Å². The van der Waals surface area contributed by atoms with Gasteiger partial charge in [0.2, 0.25) is 0 Å². The molecule has 1 amide bonds. The fraction of sp³-hybridized carbons (Fsp3) is 0.350. The molecule has 1 aliphatic rings. The summed E-state index contributed by atoms with van der Waals surface area (Å²) in [6, 6.07) is 15.7. The van der Waals surface area contributed by atoms with E-state index >= 15 is 0 Å². The summed E-state index contributed by atoms with van der Waals surface area (Å²) in [5, 5.41) is 6.63. The number of methoxy groups -OCH3 is 1. The van der Waals surface area contributed by atoms with Crippen molar-refractivity contribution >= 4 is 17.3 Å². The zero-order chi connectivity index (χ0) is 17.6. The predicted molar refractivity (Wildman–Crippen MR) is 101 cm³/mol. The molecule has 1 heterocycles. The summed E-state index contributed by atoms with van der Waals surface area (Å²) in [5.41, 5.74) is 2.45. The number of carbonyl (C=O) groups is 1. The second kappa shape index (κ2) is 8.03. The first-order valence-electron chi connectivity index (χ1n) is 8.68. The Morgan fingerprint density at radius 1 is 1.16 bits per heavy atom. The number of nitrogens with one attached hydrogen (secondary N) is 2. The minimum absolute atomic E-state index is 0.0801. The molecular weight excluding hydrogens is 314 g/mol. The number of likely N-dealkylation sites (tertiary alicyclic amines) is 1. The van der Waals surface area contributed by atoms with Crippen molar-refractivity contribution in [2.24, 2.45) is 0 Å². The van der Waals surface area contributed by atoms with Gasteiger partial charge in [0.05, 0.1) is 18.4 Å². The third-order valence-electron chi connectivity index (χ3n) is 4.64. The van der Waals surface area contributed by atoms with Crippen molar-refractivity contribution in [3.63, 3.8) is 0 Å². The molecule has 1 aliphatic heterocycles. The summed E-state index contributed by atoms with van der Waals surface area (Å²) < 4.78 is 5.19. The number of para-hydroxylation sites is 1. The van der Waals surface area contributed by atoms with Gasteiger partial charge in [0.25, 0.3) is 5.91 Å². The lowest BCUT2D eigenvalue weighted by atomic mass is 10.0. The van der Waals surface area contributed by atoms with Crippen LogP contribution in [0.25, 0.3) is 0 Å². The molecule has 3 rings (SSSR count). The number of piperidine rings is 1. The van der Waals surface area contributed by atoms with Crippen LogP contribution in [-0.2, 0) is 0 Å². The molecule has 0 aliphatic carbocycles. The van der Waals surface area contributed by atoms with Gasteiger partial charge in [0.1, 0.15) is 5.75 Å². The van der Waals surface area contributed by atoms with Crippen LogP contribution < -0.4 is 15.4 Å². The Hall–Kier alpha value is -2.53. The molecular formula is C20H25N3O2. The Morgan fingerprint density at radius 2 is 1.92 bits per heavy atom. The highest BCUT2D eigenvalue weighted by Gasteiger charge is 2.24. The smallest absolute Gasteiger partial charge is 0.256 e. The average molecular weight is 339 g/mol. The third-order valence-corrected chi connectivity index (χ3v) is 4.64. The van der Waals surface area contributed by atoms with E-state index in [0.29, 0.717) is 11.6 Å². The lowest BCUT2D eigenvalue weighted by Gasteiger charge is -2.33. The number of ether oxygens (including phenoxy) is 1. The van der Waals surface area contributed by atoms with E-state index in [1.807, 2.05) is 60.5 Å². The second-order valence-corrected chi connectivity index (χ2v) is 6.28. The van der Waals surface area contributed by atoms with Gasteiger partial charge >= 0.3 is 0 Å². The number of carbonyl (C=O) groups excluding carboxylic acids is 1. The van der Waals surface area contributed by atoms with Crippen molar-refractivity contribution in [3.8, 4) is 5.75 Å². The van der Waals surface area contributed by atoms with Gasteiger partial charge in [0, 0.05) is 24.8 Å². The van der Waals surface area contributed by atoms with Crippen LogP contribution in [0.3, 0.4) is 0 Å². The summed E-state index contributed by atoms with van der Waals surface area (Å²) in [6.07, 6.45) is 2.15. The fourth-order valence-corrected chi connectivity index (χ4v) is 3.18. The van der Waals surface area contributed by atoms with E-state index in [9.17, 15) is 4.79 Å². The van der Waals surface area contributed by atoms with Gasteiger partial charge in [-0.2, -0.15) is 0 Å². The minimum Gasteiger partial charge on any atom is -0.497 e. The zero-order valence-corrected chi connectivity index (χ0v) is 14.8. The molecule has 0 bridgehead atoms. The number of rotatable bonds is 5. The van der Waals surface area contributed by atoms with Crippen molar-refractivity contribution in [1.82, 2.24) is 10.2 Å². The van der Waals surface area contributed by atoms with Crippen LogP contribution >= 0.6 is 0 Å². The summed E-state index contributed by atoms with van der Waals surface area (Å²) in [4.78, 5) is 15.0. The Balaban J connectivity index is 1.78. The number of nitrogens with zero attached hydrogens (tertiary/aromatic N) is 1. The van der Waals surface area contributed by atoms with Crippen LogP contribution in [0.1, 0.15) is 23.2 Å². The van der Waals surface area contributed by atoms with E-state index in [-0.39, 0.29) is 5.91 Å². The summed E-state index contributed by atoms with van der Waals surface area (Å²) >= 11 is 0. The molecule has 0 radical (unpaired) electrons. The maximum Gasteiger partial charge on any atom is 0.256 e. The Morgan fingerprint density at radius 3 is 2.64 bits per heavy atom. The highest BCUT2D eigenvalue weighted by atomic mass is 16.5. The topological polar surface area (TPSA) is 53.6 Å². The maximum atomic E-state index is 13.0. The van der Waals surface area contributed by atoms with E-state index in [1.165, 1.54) is 0 Å². The molecule has 2 aromatic carbocycles. The van der Waals surface area contributed by atoms with Crippen LogP contribution in [0.4, 0.5) is 11.4 Å². The molecule has 1 saturated heterocycles. The SMILES string of the molecule is CNC1CCCN(C(=O)c2ccccc2Nc2ccc(OC)cc2)C1. The standard InChI is InChI=1S/C20H25N3O2/c1-21-16-6-5-13-23(14-16)20(24)18-7-3-4-8-19(18)22-15-9-11-17(25-2)12-10-15/h3-4,7-12,16,21-22H,5-6,13-14H2,1-2H3. The minimum atomic E-state index is 0.0801. The number of benzene rings is 2. The lowest BCUT2D eigenvalue weighted by Crippen LogP contribution is -2.47. The first kappa shape index (κ1) is 17.3. The Bertz CT molecular complexity index is 715. The largest absolute Gasteiger partial charge is 0.497 e. The van der Waals surface area contributed by atoms with Gasteiger partial charge in [-0.1, -0.05) is 12.1 Å². The van der Waals surface area contributed by atoms with Crippen LogP contribution in [-0.4, -0.2) is 44.1 Å². The van der Waals surface area contributed by atoms with Gasteiger partial charge < -0.3 is 20.3 Å². The van der Waals surface area contributed by atoms with Crippen LogP contribution in [0.2, 0.25) is 0 Å². The Kier molecular flexibility index (Phi) is 5.56. The van der Waals surface area contributed by atoms with Crippen molar-refractivity contribution in [2.75, 3.05) is 32.6 Å². The molecule has 5 heteroatoms. The summed E-state index contributed by atoms with van der Waals surface area (Å²) in [6.45, 7) is 1.57. The van der Waals surface area contributed by atoms with Crippen LogP contribution in [0.5, 0.6) is 5.75 Å². The summed E-state index contributed by atoms with van der Waals surface area (Å²) in [5.74, 6) is 0.887. The Labute approximate surface area is 149 Å². The molecule has 2 N–H and O–H groups in total. The summed E-state index contributed by atoms with van der Waals surface area (Å²) in [7, 11) is 3.60. The van der Waals surface area contributed by atoms with Crippen molar-refractivity contribution in [1.29, 1.82) is 0 Å². The number of anilines is 2.